The van der Waals surface area contributed by atoms with E-state index in [1.165, 1.54) is 6.07 Å². The SMILES string of the molecule is O=C(O)C1CC(CC(=O)[C@@H]2NC3(CCCCC3)[C@@]3(C(=O)Nc4cc(Cl)ccc43)[C@H]2c2cccc(Cl)c2F)C1. The second-order valence-corrected chi connectivity index (χ2v) is 12.2. The molecule has 2 aromatic rings. The zero-order valence-corrected chi connectivity index (χ0v) is 22.2. The van der Waals surface area contributed by atoms with Gasteiger partial charge in [-0.15, -0.1) is 0 Å². The summed E-state index contributed by atoms with van der Waals surface area (Å²) in [6.45, 7) is 0. The van der Waals surface area contributed by atoms with Crippen LogP contribution in [0.25, 0.3) is 0 Å². The van der Waals surface area contributed by atoms with E-state index in [2.05, 4.69) is 10.6 Å². The fourth-order valence-corrected chi connectivity index (χ4v) is 8.14. The standard InChI is InChI=1S/C29H29Cl2FN2O4/c30-17-7-8-19-21(14-17)33-27(38)29(19)23(18-5-4-6-20(31)24(18)32)25(34-28(29)9-2-1-3-10-28)22(35)13-15-11-16(12-15)26(36)37/h4-8,14-16,23,25,34H,1-3,9-13H2,(H,33,38)(H,36,37)/t15?,16?,23-,25-,29+/m0/s1. The molecule has 2 aromatic carbocycles. The lowest BCUT2D eigenvalue weighted by atomic mass is 9.55. The molecule has 4 aliphatic rings. The van der Waals surface area contributed by atoms with Crippen molar-refractivity contribution in [3.05, 3.63) is 63.4 Å². The number of hydrogen-bond donors (Lipinski definition) is 3. The van der Waals surface area contributed by atoms with Gasteiger partial charge in [0, 0.05) is 28.6 Å². The largest absolute Gasteiger partial charge is 0.481 e. The summed E-state index contributed by atoms with van der Waals surface area (Å²) in [5.74, 6) is -3.18. The summed E-state index contributed by atoms with van der Waals surface area (Å²) in [7, 11) is 0. The minimum Gasteiger partial charge on any atom is -0.481 e. The number of hydrogen-bond acceptors (Lipinski definition) is 4. The third kappa shape index (κ3) is 3.65. The molecule has 9 heteroatoms. The third-order valence-corrected chi connectivity index (χ3v) is 9.97. The fourth-order valence-electron chi connectivity index (χ4n) is 7.78. The molecule has 3 N–H and O–H groups in total. The van der Waals surface area contributed by atoms with Crippen molar-refractivity contribution in [2.24, 2.45) is 11.8 Å². The van der Waals surface area contributed by atoms with Gasteiger partial charge in [-0.2, -0.15) is 0 Å². The Morgan fingerprint density at radius 3 is 2.53 bits per heavy atom. The van der Waals surface area contributed by atoms with Gasteiger partial charge in [-0.25, -0.2) is 4.39 Å². The molecule has 1 saturated heterocycles. The number of nitrogens with one attached hydrogen (secondary N) is 2. The highest BCUT2D eigenvalue weighted by Crippen LogP contribution is 2.63. The predicted octanol–water partition coefficient (Wildman–Crippen LogP) is 5.85. The summed E-state index contributed by atoms with van der Waals surface area (Å²) in [4.78, 5) is 39.6. The van der Waals surface area contributed by atoms with Gasteiger partial charge in [0.05, 0.1) is 17.0 Å². The average Bonchev–Trinajstić information content (AvgIpc) is 3.30. The molecule has 0 unspecified atom stereocenters. The first-order valence-corrected chi connectivity index (χ1v) is 14.0. The number of carboxylic acids is 1. The van der Waals surface area contributed by atoms with Crippen molar-refractivity contribution < 1.29 is 23.9 Å². The molecule has 2 heterocycles. The second-order valence-electron chi connectivity index (χ2n) is 11.4. The summed E-state index contributed by atoms with van der Waals surface area (Å²) < 4.78 is 15.8. The minimum absolute atomic E-state index is 0.0439. The Morgan fingerprint density at radius 2 is 1.82 bits per heavy atom. The van der Waals surface area contributed by atoms with E-state index >= 15 is 4.39 Å². The fraction of sp³-hybridized carbons (Fsp3) is 0.483. The normalized spacial score (nSPS) is 31.2. The van der Waals surface area contributed by atoms with Gasteiger partial charge in [0.25, 0.3) is 0 Å². The summed E-state index contributed by atoms with van der Waals surface area (Å²) in [5, 5.41) is 16.4. The highest BCUT2D eigenvalue weighted by atomic mass is 35.5. The van der Waals surface area contributed by atoms with E-state index in [0.717, 1.165) is 24.8 Å². The highest BCUT2D eigenvalue weighted by Gasteiger charge is 2.72. The van der Waals surface area contributed by atoms with E-state index in [4.69, 9.17) is 23.2 Å². The van der Waals surface area contributed by atoms with Crippen LogP contribution in [-0.4, -0.2) is 34.3 Å². The zero-order chi connectivity index (χ0) is 26.8. The monoisotopic (exact) mass is 558 g/mol. The molecule has 2 aliphatic heterocycles. The lowest BCUT2D eigenvalue weighted by molar-refractivity contribution is -0.147. The van der Waals surface area contributed by atoms with Crippen molar-refractivity contribution in [2.75, 3.05) is 5.32 Å². The molecule has 2 aliphatic carbocycles. The van der Waals surface area contributed by atoms with Crippen LogP contribution in [0.15, 0.2) is 36.4 Å². The van der Waals surface area contributed by atoms with Crippen molar-refractivity contribution in [1.29, 1.82) is 0 Å². The Morgan fingerprint density at radius 1 is 1.08 bits per heavy atom. The van der Waals surface area contributed by atoms with E-state index in [-0.39, 0.29) is 34.6 Å². The average molecular weight is 559 g/mol. The van der Waals surface area contributed by atoms with Crippen LogP contribution < -0.4 is 10.6 Å². The quantitative estimate of drug-likeness (QED) is 0.427. The van der Waals surface area contributed by atoms with Crippen LogP contribution in [0.5, 0.6) is 0 Å². The Kier molecular flexibility index (Phi) is 6.32. The maximum atomic E-state index is 15.8. The number of anilines is 1. The van der Waals surface area contributed by atoms with Crippen molar-refractivity contribution in [2.45, 2.75) is 74.3 Å². The number of benzene rings is 2. The van der Waals surface area contributed by atoms with Crippen molar-refractivity contribution in [1.82, 2.24) is 5.32 Å². The van der Waals surface area contributed by atoms with Gasteiger partial charge >= 0.3 is 5.97 Å². The van der Waals surface area contributed by atoms with Gasteiger partial charge in [-0.05, 0) is 60.9 Å². The maximum absolute atomic E-state index is 15.8. The van der Waals surface area contributed by atoms with E-state index in [9.17, 15) is 19.5 Å². The van der Waals surface area contributed by atoms with Crippen molar-refractivity contribution >= 4 is 46.5 Å². The second kappa shape index (κ2) is 9.32. The molecule has 38 heavy (non-hydrogen) atoms. The van der Waals surface area contributed by atoms with E-state index in [1.54, 1.807) is 24.3 Å². The number of aliphatic carboxylic acids is 1. The third-order valence-electron chi connectivity index (χ3n) is 9.44. The molecular formula is C29H29Cl2FN2O4. The molecule has 2 spiro atoms. The van der Waals surface area contributed by atoms with Gasteiger partial charge in [0.15, 0.2) is 5.78 Å². The van der Waals surface area contributed by atoms with Gasteiger partial charge in [0.1, 0.15) is 11.2 Å². The van der Waals surface area contributed by atoms with Gasteiger partial charge in [-0.1, -0.05) is 60.7 Å². The van der Waals surface area contributed by atoms with Crippen LogP contribution in [0.4, 0.5) is 10.1 Å². The van der Waals surface area contributed by atoms with Gasteiger partial charge < -0.3 is 10.4 Å². The lowest BCUT2D eigenvalue weighted by Crippen LogP contribution is -2.60. The molecule has 3 fully saturated rings. The molecule has 0 radical (unpaired) electrons. The number of carbonyl (C=O) groups is 3. The van der Waals surface area contributed by atoms with Crippen LogP contribution in [0, 0.1) is 17.7 Å². The number of halogens is 3. The van der Waals surface area contributed by atoms with Gasteiger partial charge in [-0.3, -0.25) is 19.7 Å². The summed E-state index contributed by atoms with van der Waals surface area (Å²) in [5.41, 5.74) is -0.478. The number of ketones is 1. The Labute approximate surface area is 230 Å². The Bertz CT molecular complexity index is 1340. The first-order chi connectivity index (χ1) is 18.2. The van der Waals surface area contributed by atoms with E-state index in [0.29, 0.717) is 36.4 Å². The Balaban J connectivity index is 1.52. The van der Waals surface area contributed by atoms with Crippen molar-refractivity contribution in [3.63, 3.8) is 0 Å². The van der Waals surface area contributed by atoms with Crippen LogP contribution >= 0.6 is 23.2 Å². The highest BCUT2D eigenvalue weighted by molar-refractivity contribution is 6.31. The van der Waals surface area contributed by atoms with Crippen molar-refractivity contribution in [3.8, 4) is 0 Å². The number of carbonyl (C=O) groups excluding carboxylic acids is 2. The summed E-state index contributed by atoms with van der Waals surface area (Å²) in [6, 6.07) is 9.19. The molecule has 0 aromatic heterocycles. The van der Waals surface area contributed by atoms with Crippen LogP contribution in [0.3, 0.4) is 0 Å². The number of Topliss-reactive ketones (excluding diaryl/α,β-unsaturated/α-hetero) is 1. The maximum Gasteiger partial charge on any atom is 0.306 e. The van der Waals surface area contributed by atoms with E-state index in [1.807, 2.05) is 6.07 Å². The summed E-state index contributed by atoms with van der Waals surface area (Å²) >= 11 is 12.6. The summed E-state index contributed by atoms with van der Waals surface area (Å²) in [6.07, 6.45) is 5.16. The first kappa shape index (κ1) is 25.8. The molecule has 1 amide bonds. The van der Waals surface area contributed by atoms with Crippen LogP contribution in [0.1, 0.15) is 68.4 Å². The van der Waals surface area contributed by atoms with Crippen LogP contribution in [-0.2, 0) is 19.8 Å². The number of rotatable bonds is 5. The topological polar surface area (TPSA) is 95.5 Å². The molecule has 200 valence electrons. The zero-order valence-electron chi connectivity index (χ0n) is 20.7. The number of fused-ring (bicyclic) bond motifs is 3. The van der Waals surface area contributed by atoms with Crippen LogP contribution in [0.2, 0.25) is 10.0 Å². The Hall–Kier alpha value is -2.48. The molecule has 6 nitrogen and oxygen atoms in total. The molecular weight excluding hydrogens is 530 g/mol. The number of carboxylic acid groups (broad SMARTS) is 1. The molecule has 6 rings (SSSR count). The smallest absolute Gasteiger partial charge is 0.306 e. The lowest BCUT2D eigenvalue weighted by Gasteiger charge is -2.47. The van der Waals surface area contributed by atoms with E-state index < -0.39 is 40.6 Å². The van der Waals surface area contributed by atoms with Gasteiger partial charge in [0.2, 0.25) is 5.91 Å². The predicted molar refractivity (Wildman–Crippen MR) is 142 cm³/mol. The number of amides is 1. The molecule has 2 saturated carbocycles. The molecule has 0 bridgehead atoms. The molecule has 3 atom stereocenters. The first-order valence-electron chi connectivity index (χ1n) is 13.3. The minimum atomic E-state index is -1.25.